The summed E-state index contributed by atoms with van der Waals surface area (Å²) in [6.07, 6.45) is 14.0. The first kappa shape index (κ1) is 24.7. The molecule has 3 unspecified atom stereocenters. The van der Waals surface area contributed by atoms with Gasteiger partial charge in [0, 0.05) is 24.8 Å². The number of piperidine rings is 1. The fraction of sp³-hybridized carbons (Fsp3) is 0.719. The van der Waals surface area contributed by atoms with Crippen molar-refractivity contribution in [1.82, 2.24) is 4.90 Å². The third-order valence-corrected chi connectivity index (χ3v) is 11.0. The van der Waals surface area contributed by atoms with Gasteiger partial charge in [0.05, 0.1) is 12.2 Å². The Bertz CT molecular complexity index is 1010. The van der Waals surface area contributed by atoms with Gasteiger partial charge in [0.2, 0.25) is 0 Å². The molecule has 0 bridgehead atoms. The summed E-state index contributed by atoms with van der Waals surface area (Å²) in [5.41, 5.74) is 3.82. The number of Topliss-reactive ketones (excluding diaryl/α,β-unsaturated/α-hetero) is 1. The van der Waals surface area contributed by atoms with Gasteiger partial charge in [-0.15, -0.1) is 0 Å². The minimum absolute atomic E-state index is 0.0396. The summed E-state index contributed by atoms with van der Waals surface area (Å²) in [4.78, 5) is 14.6. The van der Waals surface area contributed by atoms with E-state index in [1.165, 1.54) is 56.3 Å². The molecular weight excluding hydrogens is 446 g/mol. The van der Waals surface area contributed by atoms with Gasteiger partial charge < -0.3 is 9.84 Å². The van der Waals surface area contributed by atoms with Crippen molar-refractivity contribution in [1.29, 1.82) is 0 Å². The average molecular weight is 492 g/mol. The molecule has 0 amide bonds. The Morgan fingerprint density at radius 1 is 1.06 bits per heavy atom. The van der Waals surface area contributed by atoms with Crippen molar-refractivity contribution in [3.8, 4) is 5.75 Å². The molecular formula is C32H45NO3. The maximum Gasteiger partial charge on any atom is 0.137 e. The molecule has 4 aliphatic carbocycles. The molecule has 1 N–H and O–H groups in total. The zero-order valence-electron chi connectivity index (χ0n) is 22.3. The molecule has 1 aliphatic heterocycles. The molecule has 196 valence electrons. The molecule has 4 heteroatoms. The summed E-state index contributed by atoms with van der Waals surface area (Å²) in [6, 6.07) is 8.68. The van der Waals surface area contributed by atoms with E-state index in [1.807, 2.05) is 0 Å². The van der Waals surface area contributed by atoms with Crippen LogP contribution < -0.4 is 4.74 Å². The second-order valence-electron chi connectivity index (χ2n) is 12.8. The number of ketones is 1. The van der Waals surface area contributed by atoms with E-state index in [4.69, 9.17) is 4.74 Å². The van der Waals surface area contributed by atoms with Crippen LogP contribution in [0, 0.1) is 23.2 Å². The van der Waals surface area contributed by atoms with E-state index in [-0.39, 0.29) is 5.41 Å². The van der Waals surface area contributed by atoms with Crippen LogP contribution in [0.2, 0.25) is 0 Å². The molecule has 1 heterocycles. The highest BCUT2D eigenvalue weighted by Crippen LogP contribution is 2.65. The predicted octanol–water partition coefficient (Wildman–Crippen LogP) is 6.46. The van der Waals surface area contributed by atoms with Crippen LogP contribution in [0.5, 0.6) is 5.75 Å². The van der Waals surface area contributed by atoms with Crippen molar-refractivity contribution in [3.63, 3.8) is 0 Å². The van der Waals surface area contributed by atoms with Gasteiger partial charge >= 0.3 is 0 Å². The van der Waals surface area contributed by atoms with E-state index < -0.39 is 5.60 Å². The maximum absolute atomic E-state index is 12.1. The summed E-state index contributed by atoms with van der Waals surface area (Å²) in [6.45, 7) is 6.23. The highest BCUT2D eigenvalue weighted by atomic mass is 16.5. The van der Waals surface area contributed by atoms with Crippen LogP contribution in [0.3, 0.4) is 0 Å². The Labute approximate surface area is 217 Å². The molecule has 1 saturated heterocycles. The summed E-state index contributed by atoms with van der Waals surface area (Å²) < 4.78 is 6.39. The standard InChI is InChI=1S/C32H45NO3/c1-31(35)14-13-30-29-10-8-24-21-25(34)9-11-27(24)28(29)12-15-32(30,31)16-19-36-26-7-5-6-23(20-26)22-33-17-3-2-4-18-33/h5-7,20,28-30,35H,2-4,8-19,21-22H2,1H3/t28?,29?,30?,31-,32+/m0/s1. The molecule has 3 fully saturated rings. The molecule has 36 heavy (non-hydrogen) atoms. The molecule has 0 aromatic heterocycles. The van der Waals surface area contributed by atoms with Crippen molar-refractivity contribution in [2.24, 2.45) is 23.2 Å². The van der Waals surface area contributed by atoms with Crippen LogP contribution in [-0.2, 0) is 11.3 Å². The lowest BCUT2D eigenvalue weighted by Crippen LogP contribution is -2.52. The van der Waals surface area contributed by atoms with E-state index in [9.17, 15) is 9.90 Å². The summed E-state index contributed by atoms with van der Waals surface area (Å²) in [5, 5.41) is 11.7. The van der Waals surface area contributed by atoms with Crippen LogP contribution in [0.1, 0.15) is 96.0 Å². The molecule has 0 spiro atoms. The van der Waals surface area contributed by atoms with Gasteiger partial charge in [-0.25, -0.2) is 0 Å². The van der Waals surface area contributed by atoms with Crippen molar-refractivity contribution in [3.05, 3.63) is 41.0 Å². The first-order valence-electron chi connectivity index (χ1n) is 14.8. The molecule has 2 saturated carbocycles. The molecule has 4 nitrogen and oxygen atoms in total. The minimum atomic E-state index is -0.612. The fourth-order valence-corrected chi connectivity index (χ4v) is 9.15. The molecule has 5 atom stereocenters. The number of carbonyl (C=O) groups is 1. The lowest BCUT2D eigenvalue weighted by molar-refractivity contribution is -0.121. The van der Waals surface area contributed by atoms with Crippen LogP contribution in [0.15, 0.2) is 35.4 Å². The highest BCUT2D eigenvalue weighted by Gasteiger charge is 2.61. The Morgan fingerprint density at radius 3 is 2.78 bits per heavy atom. The fourth-order valence-electron chi connectivity index (χ4n) is 9.15. The number of ether oxygens (including phenoxy) is 1. The normalized spacial score (nSPS) is 36.8. The van der Waals surface area contributed by atoms with Gasteiger partial charge in [-0.05, 0) is 120 Å². The predicted molar refractivity (Wildman–Crippen MR) is 143 cm³/mol. The number of fused-ring (bicyclic) bond motifs is 4. The minimum Gasteiger partial charge on any atom is -0.494 e. The summed E-state index contributed by atoms with van der Waals surface area (Å²) in [5.74, 6) is 3.32. The van der Waals surface area contributed by atoms with Gasteiger partial charge in [0.25, 0.3) is 0 Å². The smallest absolute Gasteiger partial charge is 0.137 e. The van der Waals surface area contributed by atoms with E-state index in [0.29, 0.717) is 30.1 Å². The monoisotopic (exact) mass is 491 g/mol. The van der Waals surface area contributed by atoms with Gasteiger partial charge in [0.1, 0.15) is 11.5 Å². The second-order valence-corrected chi connectivity index (χ2v) is 12.8. The Morgan fingerprint density at radius 2 is 1.92 bits per heavy atom. The largest absolute Gasteiger partial charge is 0.494 e. The topological polar surface area (TPSA) is 49.8 Å². The SMILES string of the molecule is C[C@]1(O)CCC2C3CCC4=C(CCC(=O)C4)C3CC[C@@]21CCOc1cccc(CN2CCCCC2)c1. The molecule has 1 aromatic rings. The Hall–Kier alpha value is -1.65. The number of rotatable bonds is 6. The summed E-state index contributed by atoms with van der Waals surface area (Å²) in [7, 11) is 0. The van der Waals surface area contributed by atoms with Crippen LogP contribution in [-0.4, -0.2) is 41.1 Å². The second kappa shape index (κ2) is 9.91. The van der Waals surface area contributed by atoms with Gasteiger partial charge in [-0.3, -0.25) is 9.69 Å². The molecule has 5 aliphatic rings. The first-order chi connectivity index (χ1) is 17.5. The maximum atomic E-state index is 12.1. The quantitative estimate of drug-likeness (QED) is 0.464. The van der Waals surface area contributed by atoms with E-state index in [2.05, 4.69) is 36.1 Å². The average Bonchev–Trinajstić information content (AvgIpc) is 3.15. The number of nitrogens with zero attached hydrogens (tertiary/aromatic N) is 1. The number of hydrogen-bond donors (Lipinski definition) is 1. The van der Waals surface area contributed by atoms with Crippen LogP contribution in [0.25, 0.3) is 0 Å². The molecule has 0 radical (unpaired) electrons. The van der Waals surface area contributed by atoms with Crippen molar-refractivity contribution in [2.75, 3.05) is 19.7 Å². The number of aliphatic hydroxyl groups is 1. The first-order valence-corrected chi connectivity index (χ1v) is 14.8. The van der Waals surface area contributed by atoms with Gasteiger partial charge in [-0.2, -0.15) is 0 Å². The Balaban J connectivity index is 1.13. The van der Waals surface area contributed by atoms with Crippen LogP contribution >= 0.6 is 0 Å². The van der Waals surface area contributed by atoms with Crippen molar-refractivity contribution < 1.29 is 14.6 Å². The molecule has 6 rings (SSSR count). The van der Waals surface area contributed by atoms with Crippen LogP contribution in [0.4, 0.5) is 0 Å². The number of benzene rings is 1. The zero-order chi connectivity index (χ0) is 24.8. The van der Waals surface area contributed by atoms with Crippen molar-refractivity contribution in [2.45, 2.75) is 103 Å². The lowest BCUT2D eigenvalue weighted by Gasteiger charge is -2.55. The number of hydrogen-bond acceptors (Lipinski definition) is 4. The number of carbonyl (C=O) groups excluding carboxylic acids is 1. The van der Waals surface area contributed by atoms with E-state index in [1.54, 1.807) is 5.57 Å². The lowest BCUT2D eigenvalue weighted by atomic mass is 9.51. The van der Waals surface area contributed by atoms with Gasteiger partial charge in [-0.1, -0.05) is 29.7 Å². The van der Waals surface area contributed by atoms with E-state index >= 15 is 0 Å². The third-order valence-electron chi connectivity index (χ3n) is 11.0. The van der Waals surface area contributed by atoms with Crippen molar-refractivity contribution >= 4 is 5.78 Å². The highest BCUT2D eigenvalue weighted by molar-refractivity contribution is 5.82. The molecule has 1 aromatic carbocycles. The Kier molecular flexibility index (Phi) is 6.79. The zero-order valence-corrected chi connectivity index (χ0v) is 22.3. The number of allylic oxidation sites excluding steroid dienone is 2. The number of likely N-dealkylation sites (tertiary alicyclic amines) is 1. The van der Waals surface area contributed by atoms with E-state index in [0.717, 1.165) is 63.7 Å². The summed E-state index contributed by atoms with van der Waals surface area (Å²) >= 11 is 0. The third kappa shape index (κ3) is 4.47. The van der Waals surface area contributed by atoms with Gasteiger partial charge in [0.15, 0.2) is 0 Å².